The molecule has 0 radical (unpaired) electrons. The minimum absolute atomic E-state index is 0.0988. The Labute approximate surface area is 84.5 Å². The summed E-state index contributed by atoms with van der Waals surface area (Å²) in [4.78, 5) is 11.4. The molecule has 2 saturated carbocycles. The number of nitrogens with two attached hydrogens (primary N) is 2. The van der Waals surface area contributed by atoms with Crippen molar-refractivity contribution >= 4 is 5.78 Å². The summed E-state index contributed by atoms with van der Waals surface area (Å²) >= 11 is 0. The summed E-state index contributed by atoms with van der Waals surface area (Å²) in [6, 6.07) is -0.421. The van der Waals surface area contributed by atoms with Crippen LogP contribution in [0.4, 0.5) is 0 Å². The highest BCUT2D eigenvalue weighted by molar-refractivity contribution is 5.97. The fourth-order valence-electron chi connectivity index (χ4n) is 2.60. The summed E-state index contributed by atoms with van der Waals surface area (Å²) in [5, 5.41) is 0. The highest BCUT2D eigenvalue weighted by Gasteiger charge is 2.55. The standard InChI is InChI=1S/C11H18N2O/c1-7(12)10(14)9(13)6-8-2-3-11(8)4-5-11/h8-9H,1-6,12-13H2. The van der Waals surface area contributed by atoms with Gasteiger partial charge in [0.2, 0.25) is 0 Å². The van der Waals surface area contributed by atoms with E-state index < -0.39 is 6.04 Å². The lowest BCUT2D eigenvalue weighted by molar-refractivity contribution is -0.117. The Balaban J connectivity index is 1.85. The van der Waals surface area contributed by atoms with Crippen LogP contribution >= 0.6 is 0 Å². The maximum atomic E-state index is 11.4. The summed E-state index contributed by atoms with van der Waals surface area (Å²) < 4.78 is 0. The molecule has 0 bridgehead atoms. The summed E-state index contributed by atoms with van der Waals surface area (Å²) in [6.45, 7) is 3.43. The Morgan fingerprint density at radius 1 is 1.50 bits per heavy atom. The molecule has 2 rings (SSSR count). The average Bonchev–Trinajstić information content (AvgIpc) is 2.91. The van der Waals surface area contributed by atoms with E-state index in [9.17, 15) is 4.79 Å². The minimum Gasteiger partial charge on any atom is -0.396 e. The van der Waals surface area contributed by atoms with Crippen molar-refractivity contribution in [1.82, 2.24) is 0 Å². The van der Waals surface area contributed by atoms with Gasteiger partial charge in [0.05, 0.1) is 11.7 Å². The molecule has 0 aromatic heterocycles. The van der Waals surface area contributed by atoms with Crippen LogP contribution in [0.5, 0.6) is 0 Å². The number of ketones is 1. The zero-order valence-electron chi connectivity index (χ0n) is 8.46. The van der Waals surface area contributed by atoms with Crippen molar-refractivity contribution in [3.8, 4) is 0 Å². The Morgan fingerprint density at radius 2 is 2.14 bits per heavy atom. The zero-order valence-corrected chi connectivity index (χ0v) is 8.46. The molecule has 3 nitrogen and oxygen atoms in total. The Bertz CT molecular complexity index is 281. The van der Waals surface area contributed by atoms with Crippen molar-refractivity contribution in [2.75, 3.05) is 0 Å². The van der Waals surface area contributed by atoms with Gasteiger partial charge in [0.1, 0.15) is 0 Å². The quantitative estimate of drug-likeness (QED) is 0.654. The first kappa shape index (κ1) is 9.71. The highest BCUT2D eigenvalue weighted by atomic mass is 16.1. The predicted molar refractivity (Wildman–Crippen MR) is 55.3 cm³/mol. The van der Waals surface area contributed by atoms with E-state index in [-0.39, 0.29) is 11.5 Å². The zero-order chi connectivity index (χ0) is 10.3. The molecular weight excluding hydrogens is 176 g/mol. The number of rotatable bonds is 4. The SMILES string of the molecule is C=C(N)C(=O)C(N)CC1CCC12CC2. The first-order chi connectivity index (χ1) is 6.55. The van der Waals surface area contributed by atoms with E-state index in [1.54, 1.807) is 0 Å². The van der Waals surface area contributed by atoms with Crippen LogP contribution in [0.15, 0.2) is 12.3 Å². The maximum Gasteiger partial charge on any atom is 0.194 e. The second-order valence-electron chi connectivity index (χ2n) is 4.83. The van der Waals surface area contributed by atoms with Crippen molar-refractivity contribution in [1.29, 1.82) is 0 Å². The molecule has 2 aliphatic carbocycles. The largest absolute Gasteiger partial charge is 0.396 e. The summed E-state index contributed by atoms with van der Waals surface area (Å²) in [5.41, 5.74) is 11.8. The van der Waals surface area contributed by atoms with E-state index in [1.807, 2.05) is 0 Å². The van der Waals surface area contributed by atoms with Gasteiger partial charge in [-0.25, -0.2) is 0 Å². The van der Waals surface area contributed by atoms with Gasteiger partial charge in [-0.05, 0) is 43.4 Å². The van der Waals surface area contributed by atoms with Crippen molar-refractivity contribution in [3.63, 3.8) is 0 Å². The number of hydrogen-bond acceptors (Lipinski definition) is 3. The van der Waals surface area contributed by atoms with Gasteiger partial charge in [-0.2, -0.15) is 0 Å². The lowest BCUT2D eigenvalue weighted by Crippen LogP contribution is -2.40. The average molecular weight is 194 g/mol. The topological polar surface area (TPSA) is 69.1 Å². The third-order valence-electron chi connectivity index (χ3n) is 3.94. The van der Waals surface area contributed by atoms with Crippen LogP contribution in [0.25, 0.3) is 0 Å². The monoisotopic (exact) mass is 194 g/mol. The molecule has 0 aromatic carbocycles. The third-order valence-corrected chi connectivity index (χ3v) is 3.94. The first-order valence-electron chi connectivity index (χ1n) is 5.29. The molecule has 78 valence electrons. The molecule has 4 N–H and O–H groups in total. The fourth-order valence-corrected chi connectivity index (χ4v) is 2.60. The van der Waals surface area contributed by atoms with Gasteiger partial charge in [0.25, 0.3) is 0 Å². The molecule has 0 heterocycles. The third kappa shape index (κ3) is 1.46. The molecule has 3 heteroatoms. The molecule has 0 aromatic rings. The van der Waals surface area contributed by atoms with E-state index in [4.69, 9.17) is 11.5 Å². The van der Waals surface area contributed by atoms with Gasteiger partial charge in [0.15, 0.2) is 5.78 Å². The lowest BCUT2D eigenvalue weighted by Gasteiger charge is -2.38. The van der Waals surface area contributed by atoms with E-state index in [0.717, 1.165) is 6.42 Å². The van der Waals surface area contributed by atoms with Gasteiger partial charge in [-0.1, -0.05) is 6.58 Å². The number of hydrogen-bond donors (Lipinski definition) is 2. The van der Waals surface area contributed by atoms with Crippen molar-refractivity contribution in [2.24, 2.45) is 22.8 Å². The fraction of sp³-hybridized carbons (Fsp3) is 0.727. The molecule has 0 amide bonds. The predicted octanol–water partition coefficient (Wildman–Crippen LogP) is 0.935. The summed E-state index contributed by atoms with van der Waals surface area (Å²) in [5.74, 6) is 0.494. The van der Waals surface area contributed by atoms with Crippen LogP contribution in [0.1, 0.15) is 32.1 Å². The van der Waals surface area contributed by atoms with Crippen molar-refractivity contribution < 1.29 is 4.79 Å². The summed E-state index contributed by atoms with van der Waals surface area (Å²) in [7, 11) is 0. The van der Waals surface area contributed by atoms with E-state index in [1.165, 1.54) is 25.7 Å². The van der Waals surface area contributed by atoms with Crippen LogP contribution in [-0.4, -0.2) is 11.8 Å². The van der Waals surface area contributed by atoms with Gasteiger partial charge in [0, 0.05) is 0 Å². The normalized spacial score (nSPS) is 29.4. The van der Waals surface area contributed by atoms with Crippen molar-refractivity contribution in [2.45, 2.75) is 38.1 Å². The highest BCUT2D eigenvalue weighted by Crippen LogP contribution is 2.65. The number of carbonyl (C=O) groups is 1. The Kier molecular flexibility index (Phi) is 2.14. The molecule has 0 saturated heterocycles. The first-order valence-corrected chi connectivity index (χ1v) is 5.29. The maximum absolute atomic E-state index is 11.4. The second-order valence-corrected chi connectivity index (χ2v) is 4.83. The smallest absolute Gasteiger partial charge is 0.194 e. The van der Waals surface area contributed by atoms with Crippen LogP contribution < -0.4 is 11.5 Å². The Hall–Kier alpha value is -0.830. The van der Waals surface area contributed by atoms with E-state index in [2.05, 4.69) is 6.58 Å². The molecule has 2 atom stereocenters. The van der Waals surface area contributed by atoms with Crippen LogP contribution in [-0.2, 0) is 4.79 Å². The van der Waals surface area contributed by atoms with Crippen LogP contribution in [0.2, 0.25) is 0 Å². The second kappa shape index (κ2) is 3.09. The lowest BCUT2D eigenvalue weighted by atomic mass is 9.67. The van der Waals surface area contributed by atoms with Gasteiger partial charge < -0.3 is 11.5 Å². The summed E-state index contributed by atoms with van der Waals surface area (Å²) in [6.07, 6.45) is 6.04. The molecular formula is C11H18N2O. The Morgan fingerprint density at radius 3 is 2.50 bits per heavy atom. The van der Waals surface area contributed by atoms with Gasteiger partial charge in [-0.15, -0.1) is 0 Å². The minimum atomic E-state index is -0.421. The molecule has 2 fully saturated rings. The molecule has 14 heavy (non-hydrogen) atoms. The van der Waals surface area contributed by atoms with E-state index in [0.29, 0.717) is 11.3 Å². The van der Waals surface area contributed by atoms with Gasteiger partial charge >= 0.3 is 0 Å². The van der Waals surface area contributed by atoms with Crippen LogP contribution in [0.3, 0.4) is 0 Å². The number of carbonyl (C=O) groups excluding carboxylic acids is 1. The number of Topliss-reactive ketones (excluding diaryl/α,β-unsaturated/α-hetero) is 1. The molecule has 2 aliphatic rings. The van der Waals surface area contributed by atoms with Gasteiger partial charge in [-0.3, -0.25) is 4.79 Å². The molecule has 0 aliphatic heterocycles. The van der Waals surface area contributed by atoms with E-state index >= 15 is 0 Å². The van der Waals surface area contributed by atoms with Crippen molar-refractivity contribution in [3.05, 3.63) is 12.3 Å². The van der Waals surface area contributed by atoms with Crippen LogP contribution in [0, 0.1) is 11.3 Å². The molecule has 2 unspecified atom stereocenters. The molecule has 1 spiro atoms.